The molecule has 0 bridgehead atoms. The second-order valence-electron chi connectivity index (χ2n) is 4.75. The lowest BCUT2D eigenvalue weighted by atomic mass is 10.1. The molecule has 0 radical (unpaired) electrons. The van der Waals surface area contributed by atoms with E-state index in [1.165, 1.54) is 31.4 Å². The molecule has 1 amide bonds. The highest BCUT2D eigenvalue weighted by Crippen LogP contribution is 2.22. The van der Waals surface area contributed by atoms with Crippen molar-refractivity contribution in [2.45, 2.75) is 6.92 Å². The molecule has 23 heavy (non-hydrogen) atoms. The van der Waals surface area contributed by atoms with Gasteiger partial charge in [0.1, 0.15) is 5.56 Å². The van der Waals surface area contributed by atoms with Gasteiger partial charge in [-0.15, -0.1) is 0 Å². The molecule has 2 aromatic rings. The number of aryl methyl sites for hydroxylation is 1. The molecule has 0 aliphatic rings. The fourth-order valence-corrected chi connectivity index (χ4v) is 2.02. The van der Waals surface area contributed by atoms with E-state index in [1.54, 1.807) is 25.1 Å². The third kappa shape index (κ3) is 3.52. The van der Waals surface area contributed by atoms with Crippen molar-refractivity contribution in [3.63, 3.8) is 0 Å². The molecule has 0 aliphatic carbocycles. The van der Waals surface area contributed by atoms with Crippen molar-refractivity contribution in [1.82, 2.24) is 0 Å². The number of anilines is 1. The first-order chi connectivity index (χ1) is 10.9. The Morgan fingerprint density at radius 1 is 1.17 bits per heavy atom. The number of esters is 1. The van der Waals surface area contributed by atoms with E-state index >= 15 is 0 Å². The van der Waals surface area contributed by atoms with Gasteiger partial charge in [0.05, 0.1) is 17.6 Å². The van der Waals surface area contributed by atoms with E-state index < -0.39 is 16.8 Å². The largest absolute Gasteiger partial charge is 0.465 e. The standard InChI is InChI=1S/C16H14N2O5/c1-10-7-8-11(16(20)23-2)9-13(10)17-15(19)12-5-3-4-6-14(12)18(21)22/h3-9H,1-2H3,(H,17,19). The zero-order chi connectivity index (χ0) is 17.0. The summed E-state index contributed by atoms with van der Waals surface area (Å²) >= 11 is 0. The van der Waals surface area contributed by atoms with Crippen LogP contribution < -0.4 is 5.32 Å². The van der Waals surface area contributed by atoms with Crippen molar-refractivity contribution in [3.8, 4) is 0 Å². The molecule has 2 aromatic carbocycles. The number of rotatable bonds is 4. The minimum absolute atomic E-state index is 0.0552. The number of nitro groups is 1. The van der Waals surface area contributed by atoms with Crippen LogP contribution in [-0.4, -0.2) is 23.9 Å². The van der Waals surface area contributed by atoms with Crippen molar-refractivity contribution in [1.29, 1.82) is 0 Å². The van der Waals surface area contributed by atoms with Gasteiger partial charge in [0.25, 0.3) is 11.6 Å². The van der Waals surface area contributed by atoms with Crippen LogP contribution in [0.5, 0.6) is 0 Å². The van der Waals surface area contributed by atoms with E-state index in [-0.39, 0.29) is 16.8 Å². The molecule has 0 heterocycles. The van der Waals surface area contributed by atoms with Crippen molar-refractivity contribution >= 4 is 23.3 Å². The molecule has 118 valence electrons. The summed E-state index contributed by atoms with van der Waals surface area (Å²) in [5, 5.41) is 13.6. The Kier molecular flexibility index (Phi) is 4.70. The quantitative estimate of drug-likeness (QED) is 0.531. The smallest absolute Gasteiger partial charge is 0.337 e. The maximum atomic E-state index is 12.3. The Labute approximate surface area is 132 Å². The van der Waals surface area contributed by atoms with Crippen LogP contribution in [0.25, 0.3) is 0 Å². The van der Waals surface area contributed by atoms with Crippen LogP contribution in [0.15, 0.2) is 42.5 Å². The van der Waals surface area contributed by atoms with Gasteiger partial charge >= 0.3 is 5.97 Å². The van der Waals surface area contributed by atoms with Crippen molar-refractivity contribution < 1.29 is 19.2 Å². The minimum Gasteiger partial charge on any atom is -0.465 e. The number of hydrogen-bond acceptors (Lipinski definition) is 5. The summed E-state index contributed by atoms with van der Waals surface area (Å²) in [5.74, 6) is -1.16. The Morgan fingerprint density at radius 3 is 2.52 bits per heavy atom. The molecule has 7 heteroatoms. The van der Waals surface area contributed by atoms with Gasteiger partial charge < -0.3 is 10.1 Å². The molecule has 0 saturated carbocycles. The van der Waals surface area contributed by atoms with Crippen LogP contribution in [0, 0.1) is 17.0 Å². The zero-order valence-electron chi connectivity index (χ0n) is 12.5. The van der Waals surface area contributed by atoms with Gasteiger partial charge in [0, 0.05) is 11.8 Å². The van der Waals surface area contributed by atoms with Crippen LogP contribution in [0.4, 0.5) is 11.4 Å². The maximum Gasteiger partial charge on any atom is 0.337 e. The molecule has 7 nitrogen and oxygen atoms in total. The molecule has 0 fully saturated rings. The van der Waals surface area contributed by atoms with Crippen LogP contribution in [-0.2, 0) is 4.74 Å². The molecule has 0 spiro atoms. The Bertz CT molecular complexity index is 786. The lowest BCUT2D eigenvalue weighted by Gasteiger charge is -2.10. The number of nitrogens with one attached hydrogen (secondary N) is 1. The number of benzene rings is 2. The molecular weight excluding hydrogens is 300 g/mol. The first-order valence-electron chi connectivity index (χ1n) is 6.67. The summed E-state index contributed by atoms with van der Waals surface area (Å²) < 4.78 is 4.63. The monoisotopic (exact) mass is 314 g/mol. The molecule has 0 aromatic heterocycles. The third-order valence-corrected chi connectivity index (χ3v) is 3.25. The van der Waals surface area contributed by atoms with E-state index in [1.807, 2.05) is 0 Å². The van der Waals surface area contributed by atoms with Crippen LogP contribution in [0.1, 0.15) is 26.3 Å². The summed E-state index contributed by atoms with van der Waals surface area (Å²) in [6.45, 7) is 1.75. The van der Waals surface area contributed by atoms with Gasteiger partial charge in [-0.2, -0.15) is 0 Å². The number of carbonyl (C=O) groups is 2. The molecular formula is C16H14N2O5. The maximum absolute atomic E-state index is 12.3. The normalized spacial score (nSPS) is 10.0. The van der Waals surface area contributed by atoms with Gasteiger partial charge in [0.15, 0.2) is 0 Å². The second kappa shape index (κ2) is 6.69. The predicted octanol–water partition coefficient (Wildman–Crippen LogP) is 2.94. The number of amides is 1. The summed E-state index contributed by atoms with van der Waals surface area (Å²) in [6.07, 6.45) is 0. The highest BCUT2D eigenvalue weighted by molar-refractivity contribution is 6.07. The fraction of sp³-hybridized carbons (Fsp3) is 0.125. The Hall–Kier alpha value is -3.22. The zero-order valence-corrected chi connectivity index (χ0v) is 12.5. The van der Waals surface area contributed by atoms with Gasteiger partial charge in [-0.25, -0.2) is 4.79 Å². The fourth-order valence-electron chi connectivity index (χ4n) is 2.02. The molecule has 0 saturated heterocycles. The van der Waals surface area contributed by atoms with E-state index in [0.717, 1.165) is 0 Å². The third-order valence-electron chi connectivity index (χ3n) is 3.25. The number of para-hydroxylation sites is 1. The molecule has 2 rings (SSSR count). The number of nitrogens with zero attached hydrogens (tertiary/aromatic N) is 1. The van der Waals surface area contributed by atoms with Crippen molar-refractivity contribution in [3.05, 3.63) is 69.3 Å². The summed E-state index contributed by atoms with van der Waals surface area (Å²) in [7, 11) is 1.26. The van der Waals surface area contributed by atoms with E-state index in [0.29, 0.717) is 11.3 Å². The Morgan fingerprint density at radius 2 is 1.87 bits per heavy atom. The lowest BCUT2D eigenvalue weighted by Crippen LogP contribution is -2.15. The number of methoxy groups -OCH3 is 1. The first-order valence-corrected chi connectivity index (χ1v) is 6.67. The van der Waals surface area contributed by atoms with Gasteiger partial charge in [-0.05, 0) is 30.7 Å². The molecule has 0 aliphatic heterocycles. The van der Waals surface area contributed by atoms with Gasteiger partial charge in [-0.1, -0.05) is 18.2 Å². The predicted molar refractivity (Wildman–Crippen MR) is 83.6 cm³/mol. The van der Waals surface area contributed by atoms with Gasteiger partial charge in [0.2, 0.25) is 0 Å². The van der Waals surface area contributed by atoms with E-state index in [9.17, 15) is 19.7 Å². The summed E-state index contributed by atoms with van der Waals surface area (Å²) in [6, 6.07) is 10.3. The summed E-state index contributed by atoms with van der Waals surface area (Å²) in [4.78, 5) is 34.2. The number of ether oxygens (including phenoxy) is 1. The first kappa shape index (κ1) is 16.2. The average Bonchev–Trinajstić information content (AvgIpc) is 2.56. The van der Waals surface area contributed by atoms with E-state index in [2.05, 4.69) is 10.1 Å². The second-order valence-corrected chi connectivity index (χ2v) is 4.75. The van der Waals surface area contributed by atoms with Crippen LogP contribution in [0.3, 0.4) is 0 Å². The number of nitro benzene ring substituents is 1. The van der Waals surface area contributed by atoms with E-state index in [4.69, 9.17) is 0 Å². The Balaban J connectivity index is 2.34. The lowest BCUT2D eigenvalue weighted by molar-refractivity contribution is -0.385. The molecule has 1 N–H and O–H groups in total. The topological polar surface area (TPSA) is 98.5 Å². The van der Waals surface area contributed by atoms with Gasteiger partial charge in [-0.3, -0.25) is 14.9 Å². The highest BCUT2D eigenvalue weighted by Gasteiger charge is 2.20. The summed E-state index contributed by atoms with van der Waals surface area (Å²) in [5.41, 5.74) is 1.03. The number of carbonyl (C=O) groups excluding carboxylic acids is 2. The SMILES string of the molecule is COC(=O)c1ccc(C)c(NC(=O)c2ccccc2[N+](=O)[O-])c1. The highest BCUT2D eigenvalue weighted by atomic mass is 16.6. The molecule has 0 unspecified atom stereocenters. The van der Waals surface area contributed by atoms with Crippen molar-refractivity contribution in [2.24, 2.45) is 0 Å². The minimum atomic E-state index is -0.623. The van der Waals surface area contributed by atoms with Crippen LogP contribution in [0.2, 0.25) is 0 Å². The molecule has 0 atom stereocenters. The van der Waals surface area contributed by atoms with Crippen LogP contribution >= 0.6 is 0 Å². The number of hydrogen-bond donors (Lipinski definition) is 1. The van der Waals surface area contributed by atoms with Crippen molar-refractivity contribution in [2.75, 3.05) is 12.4 Å². The average molecular weight is 314 g/mol.